The SMILES string of the molecule is O=C(NC1CCCNC1=O)c1coc(COc2ccc3c(c2)OCO3)n1. The zero-order chi connectivity index (χ0) is 17.9. The molecule has 0 saturated carbocycles. The molecule has 0 spiro atoms. The molecule has 1 saturated heterocycles. The fourth-order valence-corrected chi connectivity index (χ4v) is 2.74. The van der Waals surface area contributed by atoms with Gasteiger partial charge in [0.2, 0.25) is 18.6 Å². The van der Waals surface area contributed by atoms with Gasteiger partial charge in [0.1, 0.15) is 18.1 Å². The van der Waals surface area contributed by atoms with Crippen LogP contribution in [0, 0.1) is 0 Å². The summed E-state index contributed by atoms with van der Waals surface area (Å²) in [5.74, 6) is 1.46. The average Bonchev–Trinajstić information content (AvgIpc) is 3.30. The molecule has 1 atom stereocenters. The lowest BCUT2D eigenvalue weighted by molar-refractivity contribution is -0.124. The van der Waals surface area contributed by atoms with E-state index in [0.717, 1.165) is 6.42 Å². The molecule has 9 heteroatoms. The van der Waals surface area contributed by atoms with Gasteiger partial charge in [-0.15, -0.1) is 0 Å². The molecule has 0 aliphatic carbocycles. The van der Waals surface area contributed by atoms with Crippen molar-refractivity contribution in [2.24, 2.45) is 0 Å². The first-order valence-electron chi connectivity index (χ1n) is 8.24. The fraction of sp³-hybridized carbons (Fsp3) is 0.353. The van der Waals surface area contributed by atoms with Crippen LogP contribution in [0.25, 0.3) is 0 Å². The molecule has 136 valence electrons. The third-order valence-corrected chi connectivity index (χ3v) is 4.08. The molecule has 2 aromatic rings. The lowest BCUT2D eigenvalue weighted by Gasteiger charge is -2.22. The molecule has 2 amide bonds. The predicted molar refractivity (Wildman–Crippen MR) is 86.9 cm³/mol. The van der Waals surface area contributed by atoms with E-state index in [4.69, 9.17) is 18.6 Å². The Kier molecular flexibility index (Phi) is 4.34. The van der Waals surface area contributed by atoms with E-state index in [1.165, 1.54) is 6.26 Å². The highest BCUT2D eigenvalue weighted by molar-refractivity contribution is 5.96. The molecular formula is C17H17N3O6. The molecule has 2 aliphatic heterocycles. The van der Waals surface area contributed by atoms with E-state index < -0.39 is 11.9 Å². The number of rotatable bonds is 5. The number of hydrogen-bond acceptors (Lipinski definition) is 7. The van der Waals surface area contributed by atoms with Crippen molar-refractivity contribution in [2.45, 2.75) is 25.5 Å². The minimum Gasteiger partial charge on any atom is -0.484 e. The Morgan fingerprint density at radius 1 is 1.35 bits per heavy atom. The van der Waals surface area contributed by atoms with E-state index >= 15 is 0 Å². The number of carbonyl (C=O) groups excluding carboxylic acids is 2. The van der Waals surface area contributed by atoms with Gasteiger partial charge in [0, 0.05) is 12.6 Å². The molecule has 26 heavy (non-hydrogen) atoms. The van der Waals surface area contributed by atoms with Crippen LogP contribution in [0.1, 0.15) is 29.2 Å². The minimum atomic E-state index is -0.540. The molecular weight excluding hydrogens is 342 g/mol. The summed E-state index contributed by atoms with van der Waals surface area (Å²) in [4.78, 5) is 28.0. The molecule has 0 bridgehead atoms. The molecule has 2 aliphatic rings. The van der Waals surface area contributed by atoms with Gasteiger partial charge in [-0.2, -0.15) is 0 Å². The number of nitrogens with one attached hydrogen (secondary N) is 2. The maximum Gasteiger partial charge on any atom is 0.273 e. The van der Waals surface area contributed by atoms with Crippen LogP contribution in [0.15, 0.2) is 28.9 Å². The number of nitrogens with zero attached hydrogens (tertiary/aromatic N) is 1. The highest BCUT2D eigenvalue weighted by Crippen LogP contribution is 2.35. The van der Waals surface area contributed by atoms with E-state index in [2.05, 4.69) is 15.6 Å². The van der Waals surface area contributed by atoms with Gasteiger partial charge >= 0.3 is 0 Å². The third kappa shape index (κ3) is 3.41. The van der Waals surface area contributed by atoms with Crippen LogP contribution in [0.4, 0.5) is 0 Å². The van der Waals surface area contributed by atoms with E-state index in [-0.39, 0.29) is 30.9 Å². The number of piperidine rings is 1. The standard InChI is InChI=1S/C17H17N3O6/c21-16-11(2-1-5-18-16)20-17(22)12-7-24-15(19-12)8-23-10-3-4-13-14(6-10)26-9-25-13/h3-4,6-7,11H,1-2,5,8-9H2,(H,18,21)(H,20,22). The van der Waals surface area contributed by atoms with Crippen LogP contribution < -0.4 is 24.8 Å². The van der Waals surface area contributed by atoms with E-state index in [9.17, 15) is 9.59 Å². The zero-order valence-electron chi connectivity index (χ0n) is 13.8. The molecule has 9 nitrogen and oxygen atoms in total. The maximum atomic E-state index is 12.2. The first-order chi connectivity index (χ1) is 12.7. The van der Waals surface area contributed by atoms with Gasteiger partial charge in [0.15, 0.2) is 23.8 Å². The molecule has 1 unspecified atom stereocenters. The van der Waals surface area contributed by atoms with Gasteiger partial charge in [0.05, 0.1) is 0 Å². The summed E-state index contributed by atoms with van der Waals surface area (Å²) in [6.45, 7) is 0.878. The lowest BCUT2D eigenvalue weighted by atomic mass is 10.1. The topological polar surface area (TPSA) is 112 Å². The minimum absolute atomic E-state index is 0.0524. The Balaban J connectivity index is 1.34. The number of hydrogen-bond donors (Lipinski definition) is 2. The molecule has 2 N–H and O–H groups in total. The molecule has 4 rings (SSSR count). The van der Waals surface area contributed by atoms with Crippen molar-refractivity contribution in [3.8, 4) is 17.2 Å². The summed E-state index contributed by atoms with van der Waals surface area (Å²) in [6, 6.07) is 4.66. The summed E-state index contributed by atoms with van der Waals surface area (Å²) in [5, 5.41) is 5.37. The van der Waals surface area contributed by atoms with Gasteiger partial charge in [-0.25, -0.2) is 4.98 Å². The highest BCUT2D eigenvalue weighted by atomic mass is 16.7. The fourth-order valence-electron chi connectivity index (χ4n) is 2.74. The molecule has 1 aromatic heterocycles. The van der Waals surface area contributed by atoms with Crippen LogP contribution >= 0.6 is 0 Å². The second-order valence-corrected chi connectivity index (χ2v) is 5.89. The summed E-state index contributed by atoms with van der Waals surface area (Å²) in [7, 11) is 0. The number of carbonyl (C=O) groups is 2. The smallest absolute Gasteiger partial charge is 0.273 e. The van der Waals surface area contributed by atoms with Crippen molar-refractivity contribution in [3.63, 3.8) is 0 Å². The number of oxazole rings is 1. The van der Waals surface area contributed by atoms with Crippen LogP contribution in [0.3, 0.4) is 0 Å². The summed E-state index contributed by atoms with van der Waals surface area (Å²) in [5.41, 5.74) is 0.104. The maximum absolute atomic E-state index is 12.2. The first-order valence-corrected chi connectivity index (χ1v) is 8.24. The summed E-state index contributed by atoms with van der Waals surface area (Å²) >= 11 is 0. The third-order valence-electron chi connectivity index (χ3n) is 4.08. The van der Waals surface area contributed by atoms with Gasteiger partial charge in [-0.05, 0) is 25.0 Å². The number of fused-ring (bicyclic) bond motifs is 1. The van der Waals surface area contributed by atoms with Gasteiger partial charge in [-0.1, -0.05) is 0 Å². The predicted octanol–water partition coefficient (Wildman–Crippen LogP) is 0.991. The highest BCUT2D eigenvalue weighted by Gasteiger charge is 2.25. The number of ether oxygens (including phenoxy) is 3. The van der Waals surface area contributed by atoms with Crippen molar-refractivity contribution in [1.29, 1.82) is 0 Å². The summed E-state index contributed by atoms with van der Waals surface area (Å²) in [6.07, 6.45) is 2.67. The second kappa shape index (κ2) is 6.95. The molecule has 0 radical (unpaired) electrons. The normalized spacial score (nSPS) is 18.3. The second-order valence-electron chi connectivity index (χ2n) is 5.89. The Hall–Kier alpha value is -3.23. The molecule has 1 fully saturated rings. The van der Waals surface area contributed by atoms with Crippen molar-refractivity contribution < 1.29 is 28.2 Å². The van der Waals surface area contributed by atoms with Gasteiger partial charge in [0.25, 0.3) is 5.91 Å². The molecule has 1 aromatic carbocycles. The molecule has 3 heterocycles. The number of aromatic nitrogens is 1. The van der Waals surface area contributed by atoms with E-state index in [0.29, 0.717) is 30.2 Å². The van der Waals surface area contributed by atoms with Crippen molar-refractivity contribution >= 4 is 11.8 Å². The Morgan fingerprint density at radius 2 is 2.23 bits per heavy atom. The quantitative estimate of drug-likeness (QED) is 0.819. The Bertz CT molecular complexity index is 834. The van der Waals surface area contributed by atoms with E-state index in [1.807, 2.05) is 0 Å². The number of amides is 2. The van der Waals surface area contributed by atoms with Gasteiger partial charge < -0.3 is 29.3 Å². The number of benzene rings is 1. The van der Waals surface area contributed by atoms with Crippen molar-refractivity contribution in [1.82, 2.24) is 15.6 Å². The first kappa shape index (κ1) is 16.2. The van der Waals surface area contributed by atoms with Crippen LogP contribution in [0.5, 0.6) is 17.2 Å². The monoisotopic (exact) mass is 359 g/mol. The van der Waals surface area contributed by atoms with Crippen LogP contribution in [0.2, 0.25) is 0 Å². The average molecular weight is 359 g/mol. The summed E-state index contributed by atoms with van der Waals surface area (Å²) < 4.78 is 21.4. The van der Waals surface area contributed by atoms with Gasteiger partial charge in [-0.3, -0.25) is 9.59 Å². The Morgan fingerprint density at radius 3 is 3.12 bits per heavy atom. The van der Waals surface area contributed by atoms with Crippen molar-refractivity contribution in [2.75, 3.05) is 13.3 Å². The van der Waals surface area contributed by atoms with Crippen LogP contribution in [-0.2, 0) is 11.4 Å². The largest absolute Gasteiger partial charge is 0.484 e. The van der Waals surface area contributed by atoms with Crippen LogP contribution in [-0.4, -0.2) is 36.2 Å². The van der Waals surface area contributed by atoms with E-state index in [1.54, 1.807) is 18.2 Å². The van der Waals surface area contributed by atoms with Crippen molar-refractivity contribution in [3.05, 3.63) is 36.0 Å². The Labute approximate surface area is 148 Å². The lowest BCUT2D eigenvalue weighted by Crippen LogP contribution is -2.50. The zero-order valence-corrected chi connectivity index (χ0v) is 13.8.